The first kappa shape index (κ1) is 51.0. The summed E-state index contributed by atoms with van der Waals surface area (Å²) in [6.45, 7) is 3.63. The Morgan fingerprint density at radius 1 is 0.566 bits per heavy atom. The second-order valence-corrected chi connectivity index (χ2v) is 15.3. The van der Waals surface area contributed by atoms with Gasteiger partial charge in [-0.15, -0.1) is 0 Å². The normalized spacial score (nSPS) is 13.8. The van der Waals surface area contributed by atoms with Gasteiger partial charge < -0.3 is 20.1 Å². The Morgan fingerprint density at radius 2 is 1.02 bits per heavy atom. The highest BCUT2D eigenvalue weighted by Gasteiger charge is 2.25. The minimum absolute atomic E-state index is 0.0443. The van der Waals surface area contributed by atoms with E-state index >= 15 is 0 Å². The molecule has 0 saturated carbocycles. The first-order chi connectivity index (χ1) is 25.8. The van der Waals surface area contributed by atoms with Crippen molar-refractivity contribution in [2.24, 2.45) is 5.73 Å². The molecule has 0 aliphatic heterocycles. The Bertz CT molecular complexity index is 1010. The molecule has 0 aromatic heterocycles. The van der Waals surface area contributed by atoms with E-state index in [0.29, 0.717) is 12.8 Å². The molecule has 1 unspecified atom stereocenters. The monoisotopic (exact) mass is 768 g/mol. The van der Waals surface area contributed by atoms with Crippen molar-refractivity contribution >= 4 is 19.8 Å². The molecule has 2 atom stereocenters. The van der Waals surface area contributed by atoms with E-state index in [2.05, 4.69) is 56.4 Å². The van der Waals surface area contributed by atoms with Gasteiger partial charge in [-0.25, -0.2) is 4.57 Å². The van der Waals surface area contributed by atoms with Crippen molar-refractivity contribution in [3.05, 3.63) is 48.6 Å². The van der Waals surface area contributed by atoms with Crippen molar-refractivity contribution in [3.8, 4) is 0 Å². The van der Waals surface area contributed by atoms with E-state index in [1.54, 1.807) is 0 Å². The van der Waals surface area contributed by atoms with Crippen molar-refractivity contribution in [1.82, 2.24) is 0 Å². The average Bonchev–Trinajstić information content (AvgIpc) is 3.14. The molecule has 0 aromatic carbocycles. The molecule has 0 heterocycles. The van der Waals surface area contributed by atoms with Crippen LogP contribution in [0.25, 0.3) is 0 Å². The summed E-state index contributed by atoms with van der Waals surface area (Å²) in [5.74, 6) is -0.912. The highest BCUT2D eigenvalue weighted by molar-refractivity contribution is 7.47. The van der Waals surface area contributed by atoms with Crippen LogP contribution in [0.4, 0.5) is 0 Å². The van der Waals surface area contributed by atoms with Gasteiger partial charge in [0.05, 0.1) is 13.2 Å². The van der Waals surface area contributed by atoms with Gasteiger partial charge in [-0.3, -0.25) is 18.6 Å². The fourth-order valence-electron chi connectivity index (χ4n) is 5.54. The summed E-state index contributed by atoms with van der Waals surface area (Å²) in [5.41, 5.74) is 5.34. The van der Waals surface area contributed by atoms with Crippen LogP contribution in [-0.2, 0) is 32.7 Å². The molecular formula is C43H78NO8P. The maximum Gasteiger partial charge on any atom is 0.472 e. The second kappa shape index (κ2) is 39.7. The predicted molar refractivity (Wildman–Crippen MR) is 220 cm³/mol. The van der Waals surface area contributed by atoms with E-state index in [0.717, 1.165) is 51.4 Å². The first-order valence-electron chi connectivity index (χ1n) is 21.1. The van der Waals surface area contributed by atoms with Gasteiger partial charge in [0.1, 0.15) is 6.61 Å². The summed E-state index contributed by atoms with van der Waals surface area (Å²) in [6.07, 6.45) is 44.4. The molecule has 0 aliphatic rings. The number of phosphoric acid groups is 1. The Morgan fingerprint density at radius 3 is 1.58 bits per heavy atom. The Balaban J connectivity index is 4.26. The first-order valence-corrected chi connectivity index (χ1v) is 22.6. The van der Waals surface area contributed by atoms with Gasteiger partial charge in [0.25, 0.3) is 0 Å². The number of unbranched alkanes of at least 4 members (excludes halogenated alkanes) is 18. The van der Waals surface area contributed by atoms with E-state index < -0.39 is 32.5 Å². The van der Waals surface area contributed by atoms with E-state index in [1.807, 2.05) is 6.08 Å². The van der Waals surface area contributed by atoms with Gasteiger partial charge in [-0.05, 0) is 64.2 Å². The van der Waals surface area contributed by atoms with Crippen molar-refractivity contribution in [2.45, 2.75) is 187 Å². The lowest BCUT2D eigenvalue weighted by Gasteiger charge is -2.19. The van der Waals surface area contributed by atoms with Crippen LogP contribution < -0.4 is 5.73 Å². The summed E-state index contributed by atoms with van der Waals surface area (Å²) >= 11 is 0. The zero-order valence-electron chi connectivity index (χ0n) is 33.7. The lowest BCUT2D eigenvalue weighted by atomic mass is 10.1. The lowest BCUT2D eigenvalue weighted by Crippen LogP contribution is -2.29. The van der Waals surface area contributed by atoms with Crippen LogP contribution in [0.1, 0.15) is 181 Å². The van der Waals surface area contributed by atoms with Crippen LogP contribution in [0, 0.1) is 0 Å². The van der Waals surface area contributed by atoms with Gasteiger partial charge in [-0.2, -0.15) is 0 Å². The molecule has 3 N–H and O–H groups in total. The number of ether oxygens (including phenoxy) is 2. The number of nitrogens with two attached hydrogens (primary N) is 1. The molecule has 10 heteroatoms. The molecule has 0 bridgehead atoms. The molecule has 0 aliphatic carbocycles. The second-order valence-electron chi connectivity index (χ2n) is 13.8. The third-order valence-electron chi connectivity index (χ3n) is 8.70. The summed E-state index contributed by atoms with van der Waals surface area (Å²) in [4.78, 5) is 34.8. The molecule has 0 fully saturated rings. The highest BCUT2D eigenvalue weighted by atomic mass is 31.2. The highest BCUT2D eigenvalue weighted by Crippen LogP contribution is 2.43. The van der Waals surface area contributed by atoms with Crippen molar-refractivity contribution in [2.75, 3.05) is 26.4 Å². The van der Waals surface area contributed by atoms with E-state index in [-0.39, 0.29) is 32.6 Å². The van der Waals surface area contributed by atoms with E-state index in [1.165, 1.54) is 89.9 Å². The smallest absolute Gasteiger partial charge is 0.462 e. The van der Waals surface area contributed by atoms with Crippen molar-refractivity contribution < 1.29 is 37.6 Å². The Kier molecular flexibility index (Phi) is 38.1. The molecule has 0 aromatic rings. The maximum absolute atomic E-state index is 12.6. The van der Waals surface area contributed by atoms with Crippen LogP contribution in [-0.4, -0.2) is 49.3 Å². The van der Waals surface area contributed by atoms with E-state index in [4.69, 9.17) is 24.3 Å². The molecule has 53 heavy (non-hydrogen) atoms. The van der Waals surface area contributed by atoms with Gasteiger partial charge in [0.2, 0.25) is 0 Å². The topological polar surface area (TPSA) is 134 Å². The molecule has 0 radical (unpaired) electrons. The Hall–Kier alpha value is -2.03. The summed E-state index contributed by atoms with van der Waals surface area (Å²) < 4.78 is 32.7. The average molecular weight is 768 g/mol. The minimum Gasteiger partial charge on any atom is -0.462 e. The third kappa shape index (κ3) is 39.5. The minimum atomic E-state index is -4.39. The van der Waals surface area contributed by atoms with Gasteiger partial charge in [0.15, 0.2) is 6.10 Å². The van der Waals surface area contributed by atoms with Crippen LogP contribution >= 0.6 is 7.82 Å². The van der Waals surface area contributed by atoms with Gasteiger partial charge in [0, 0.05) is 19.4 Å². The number of hydrogen-bond donors (Lipinski definition) is 2. The summed E-state index contributed by atoms with van der Waals surface area (Å²) in [5, 5.41) is 0. The van der Waals surface area contributed by atoms with Crippen molar-refractivity contribution in [1.29, 1.82) is 0 Å². The number of rotatable bonds is 39. The van der Waals surface area contributed by atoms with Crippen LogP contribution in [0.5, 0.6) is 0 Å². The van der Waals surface area contributed by atoms with Gasteiger partial charge in [-0.1, -0.05) is 152 Å². The van der Waals surface area contributed by atoms with Crippen LogP contribution in [0.3, 0.4) is 0 Å². The summed E-state index contributed by atoms with van der Waals surface area (Å²) in [6, 6.07) is 0. The quantitative estimate of drug-likeness (QED) is 0.0271. The molecule has 0 spiro atoms. The molecule has 0 saturated heterocycles. The maximum atomic E-state index is 12.6. The number of carbonyl (C=O) groups excluding carboxylic acids is 2. The van der Waals surface area contributed by atoms with Gasteiger partial charge >= 0.3 is 19.8 Å². The molecule has 0 amide bonds. The number of allylic oxidation sites excluding steroid dienone is 8. The third-order valence-corrected chi connectivity index (χ3v) is 9.68. The van der Waals surface area contributed by atoms with E-state index in [9.17, 15) is 19.0 Å². The number of hydrogen-bond acceptors (Lipinski definition) is 8. The standard InChI is InChI=1S/C43H78NO8P/c1-3-5-7-9-11-13-15-17-19-20-22-24-26-28-30-32-34-36-43(46)52-41(40-51-53(47,48)50-38-37-44)39-49-42(45)35-33-31-29-27-25-23-21-18-16-14-12-10-8-6-4-2/h11,13,17,19,22,24,29,31,41H,3-10,12,14-16,18,20-21,23,25-28,30,32-40,44H2,1-2H3,(H,47,48)/b13-11+,19-17+,24-22+,31-29+/t41-/m1/s1. The van der Waals surface area contributed by atoms with Crippen LogP contribution in [0.15, 0.2) is 48.6 Å². The van der Waals surface area contributed by atoms with Crippen molar-refractivity contribution in [3.63, 3.8) is 0 Å². The number of esters is 2. The fourth-order valence-corrected chi connectivity index (χ4v) is 6.31. The summed E-state index contributed by atoms with van der Waals surface area (Å²) in [7, 11) is -4.39. The fraction of sp³-hybridized carbons (Fsp3) is 0.767. The zero-order valence-corrected chi connectivity index (χ0v) is 34.6. The molecule has 9 nitrogen and oxygen atoms in total. The predicted octanol–water partition coefficient (Wildman–Crippen LogP) is 11.9. The zero-order chi connectivity index (χ0) is 38.9. The molecular weight excluding hydrogens is 689 g/mol. The number of carbonyl (C=O) groups is 2. The lowest BCUT2D eigenvalue weighted by molar-refractivity contribution is -0.161. The Labute approximate surface area is 324 Å². The molecule has 308 valence electrons. The largest absolute Gasteiger partial charge is 0.472 e. The number of phosphoric ester groups is 1. The SMILES string of the molecule is CCCCC/C=C/C/C=C/C/C=C/CCCCCCC(=O)O[C@H](COC(=O)CC/C=C/CCCCCCCCCCCCC)COP(=O)(O)OCCN. The molecule has 0 rings (SSSR count). The van der Waals surface area contributed by atoms with Crippen LogP contribution in [0.2, 0.25) is 0 Å².